The van der Waals surface area contributed by atoms with Crippen LogP contribution in [0.2, 0.25) is 0 Å². The third kappa shape index (κ3) is 6.77. The molecule has 2 amide bonds. The average molecular weight is 475 g/mol. The van der Waals surface area contributed by atoms with Gasteiger partial charge in [-0.1, -0.05) is 15.9 Å². The van der Waals surface area contributed by atoms with Gasteiger partial charge in [0.05, 0.1) is 17.1 Å². The molecule has 0 aliphatic rings. The number of anilines is 2. The van der Waals surface area contributed by atoms with E-state index in [9.17, 15) is 14.4 Å². The number of methoxy groups -OCH3 is 1. The lowest BCUT2D eigenvalue weighted by Gasteiger charge is -2.15. The molecule has 2 rings (SSSR count). The fourth-order valence-corrected chi connectivity index (χ4v) is 2.32. The number of alkyl halides is 1. The molecule has 1 unspecified atom stereocenters. The van der Waals surface area contributed by atoms with Gasteiger partial charge >= 0.3 is 0 Å². The molecule has 0 radical (unpaired) electrons. The number of halogens is 1. The van der Waals surface area contributed by atoms with Crippen molar-refractivity contribution in [1.29, 1.82) is 0 Å². The molecule has 2 N–H and O–H groups in total. The third-order valence-electron chi connectivity index (χ3n) is 3.94. The minimum absolute atomic E-state index is 0.191. The Kier molecular flexibility index (Phi) is 7.82. The highest BCUT2D eigenvalue weighted by Gasteiger charge is 2.24. The van der Waals surface area contributed by atoms with Crippen LogP contribution in [0.5, 0.6) is 5.75 Å². The monoisotopic (exact) mass is 474 g/mol. The zero-order valence-electron chi connectivity index (χ0n) is 17.1. The number of carbonyl (C=O) groups is 3. The van der Waals surface area contributed by atoms with E-state index in [0.29, 0.717) is 22.8 Å². The standard InChI is InChI=1S/C21H23BrN4O4/c1-13(27)18(19(28)23-14-9-11-17(30-4)12-10-14)26-25-16-7-5-15(6-8-16)24-20(29)21(2,3)22/h5-12,18H,1-4H3,(H,23,28)(H,24,29). The molecule has 0 aromatic heterocycles. The van der Waals surface area contributed by atoms with Gasteiger partial charge in [0.1, 0.15) is 5.75 Å². The Labute approximate surface area is 183 Å². The van der Waals surface area contributed by atoms with Crippen LogP contribution in [-0.4, -0.2) is 35.1 Å². The van der Waals surface area contributed by atoms with Crippen molar-refractivity contribution in [3.8, 4) is 5.75 Å². The maximum Gasteiger partial charge on any atom is 0.258 e. The summed E-state index contributed by atoms with van der Waals surface area (Å²) in [5, 5.41) is 13.3. The van der Waals surface area contributed by atoms with E-state index in [1.54, 1.807) is 69.5 Å². The van der Waals surface area contributed by atoms with E-state index in [-0.39, 0.29) is 5.91 Å². The lowest BCUT2D eigenvalue weighted by molar-refractivity contribution is -0.126. The quantitative estimate of drug-likeness (QED) is 0.333. The Morgan fingerprint density at radius 2 is 1.50 bits per heavy atom. The summed E-state index contributed by atoms with van der Waals surface area (Å²) in [6.07, 6.45) is 0. The normalized spacial score (nSPS) is 12.3. The minimum Gasteiger partial charge on any atom is -0.497 e. The Bertz CT molecular complexity index is 935. The molecular formula is C21H23BrN4O4. The van der Waals surface area contributed by atoms with Crippen LogP contribution in [0.1, 0.15) is 20.8 Å². The Hall–Kier alpha value is -3.07. The summed E-state index contributed by atoms with van der Waals surface area (Å²) in [7, 11) is 1.54. The van der Waals surface area contributed by atoms with Crippen molar-refractivity contribution in [2.24, 2.45) is 10.2 Å². The molecule has 0 bridgehead atoms. The highest BCUT2D eigenvalue weighted by Crippen LogP contribution is 2.22. The van der Waals surface area contributed by atoms with Crippen molar-refractivity contribution >= 4 is 50.6 Å². The van der Waals surface area contributed by atoms with Crippen molar-refractivity contribution in [2.75, 3.05) is 17.7 Å². The summed E-state index contributed by atoms with van der Waals surface area (Å²) < 4.78 is 4.37. The number of hydrogen-bond donors (Lipinski definition) is 2. The number of carbonyl (C=O) groups excluding carboxylic acids is 3. The Morgan fingerprint density at radius 1 is 0.967 bits per heavy atom. The van der Waals surface area contributed by atoms with E-state index in [4.69, 9.17) is 4.74 Å². The van der Waals surface area contributed by atoms with E-state index >= 15 is 0 Å². The smallest absolute Gasteiger partial charge is 0.258 e. The summed E-state index contributed by atoms with van der Waals surface area (Å²) in [6.45, 7) is 4.76. The van der Waals surface area contributed by atoms with E-state index < -0.39 is 22.1 Å². The van der Waals surface area contributed by atoms with Gasteiger partial charge in [-0.05, 0) is 69.3 Å². The van der Waals surface area contributed by atoms with Crippen LogP contribution >= 0.6 is 15.9 Å². The lowest BCUT2D eigenvalue weighted by atomic mass is 10.2. The predicted molar refractivity (Wildman–Crippen MR) is 119 cm³/mol. The second-order valence-corrected chi connectivity index (χ2v) is 8.90. The topological polar surface area (TPSA) is 109 Å². The highest BCUT2D eigenvalue weighted by molar-refractivity contribution is 9.10. The van der Waals surface area contributed by atoms with Gasteiger partial charge in [0.15, 0.2) is 5.78 Å². The Morgan fingerprint density at radius 3 is 2.00 bits per heavy atom. The molecule has 9 heteroatoms. The van der Waals surface area contributed by atoms with Crippen LogP contribution < -0.4 is 15.4 Å². The first kappa shape index (κ1) is 23.2. The number of amides is 2. The van der Waals surface area contributed by atoms with Gasteiger partial charge in [0.2, 0.25) is 11.9 Å². The largest absolute Gasteiger partial charge is 0.497 e. The number of ketones is 1. The molecule has 2 aromatic carbocycles. The number of hydrogen-bond acceptors (Lipinski definition) is 6. The zero-order chi connectivity index (χ0) is 22.3. The molecule has 0 fully saturated rings. The van der Waals surface area contributed by atoms with Crippen molar-refractivity contribution in [2.45, 2.75) is 31.1 Å². The van der Waals surface area contributed by atoms with Gasteiger partial charge in [0, 0.05) is 11.4 Å². The van der Waals surface area contributed by atoms with Crippen LogP contribution in [0.25, 0.3) is 0 Å². The van der Waals surface area contributed by atoms with Gasteiger partial charge in [0.25, 0.3) is 5.91 Å². The van der Waals surface area contributed by atoms with E-state index in [1.807, 2.05) is 0 Å². The van der Waals surface area contributed by atoms with Gasteiger partial charge in [-0.2, -0.15) is 10.2 Å². The highest BCUT2D eigenvalue weighted by atomic mass is 79.9. The molecule has 158 valence electrons. The van der Waals surface area contributed by atoms with Gasteiger partial charge in [-0.25, -0.2) is 0 Å². The lowest BCUT2D eigenvalue weighted by Crippen LogP contribution is -2.31. The molecule has 0 spiro atoms. The molecule has 0 saturated heterocycles. The summed E-state index contributed by atoms with van der Waals surface area (Å²) in [6, 6.07) is 12.0. The predicted octanol–water partition coefficient (Wildman–Crippen LogP) is 4.49. The second-order valence-electron chi connectivity index (χ2n) is 6.92. The first-order valence-corrected chi connectivity index (χ1v) is 9.86. The van der Waals surface area contributed by atoms with Gasteiger partial charge < -0.3 is 15.4 Å². The first-order valence-electron chi connectivity index (χ1n) is 9.07. The van der Waals surface area contributed by atoms with Gasteiger partial charge in [-0.15, -0.1) is 0 Å². The Balaban J connectivity index is 2.05. The van der Waals surface area contributed by atoms with Crippen molar-refractivity contribution in [3.63, 3.8) is 0 Å². The summed E-state index contributed by atoms with van der Waals surface area (Å²) in [4.78, 5) is 36.3. The number of azo groups is 1. The molecule has 2 aromatic rings. The first-order chi connectivity index (χ1) is 14.1. The number of rotatable bonds is 8. The summed E-state index contributed by atoms with van der Waals surface area (Å²) >= 11 is 3.29. The fourth-order valence-electron chi connectivity index (χ4n) is 2.22. The van der Waals surface area contributed by atoms with Crippen molar-refractivity contribution in [3.05, 3.63) is 48.5 Å². The summed E-state index contributed by atoms with van der Waals surface area (Å²) in [5.41, 5.74) is 1.54. The number of nitrogens with zero attached hydrogens (tertiary/aromatic N) is 2. The molecule has 0 aliphatic carbocycles. The molecule has 1 atom stereocenters. The van der Waals surface area contributed by atoms with Crippen LogP contribution in [0, 0.1) is 0 Å². The molecule has 30 heavy (non-hydrogen) atoms. The van der Waals surface area contributed by atoms with Crippen molar-refractivity contribution < 1.29 is 19.1 Å². The van der Waals surface area contributed by atoms with E-state index in [1.165, 1.54) is 6.92 Å². The number of Topliss-reactive ketones (excluding diaryl/α,β-unsaturated/α-hetero) is 1. The third-order valence-corrected chi connectivity index (χ3v) is 4.30. The number of ether oxygens (including phenoxy) is 1. The maximum atomic E-state index is 12.4. The van der Waals surface area contributed by atoms with Crippen LogP contribution in [0.15, 0.2) is 58.8 Å². The molecular weight excluding hydrogens is 452 g/mol. The van der Waals surface area contributed by atoms with E-state index in [0.717, 1.165) is 0 Å². The second kappa shape index (κ2) is 10.1. The van der Waals surface area contributed by atoms with Crippen LogP contribution in [0.3, 0.4) is 0 Å². The van der Waals surface area contributed by atoms with Gasteiger partial charge in [-0.3, -0.25) is 14.4 Å². The molecule has 0 heterocycles. The maximum absolute atomic E-state index is 12.4. The van der Waals surface area contributed by atoms with Crippen LogP contribution in [0.4, 0.5) is 17.1 Å². The number of benzene rings is 2. The zero-order valence-corrected chi connectivity index (χ0v) is 18.7. The van der Waals surface area contributed by atoms with Crippen molar-refractivity contribution in [1.82, 2.24) is 0 Å². The fraction of sp³-hybridized carbons (Fsp3) is 0.286. The molecule has 0 saturated carbocycles. The molecule has 8 nitrogen and oxygen atoms in total. The summed E-state index contributed by atoms with van der Waals surface area (Å²) in [5.74, 6) is -0.563. The number of nitrogens with one attached hydrogen (secondary N) is 2. The van der Waals surface area contributed by atoms with Crippen LogP contribution in [-0.2, 0) is 14.4 Å². The SMILES string of the molecule is COc1ccc(NC(=O)C(N=Nc2ccc(NC(=O)C(C)(C)Br)cc2)C(C)=O)cc1. The average Bonchev–Trinajstić information content (AvgIpc) is 2.69. The minimum atomic E-state index is -1.28. The van der Waals surface area contributed by atoms with E-state index in [2.05, 4.69) is 36.8 Å². The molecule has 0 aliphatic heterocycles.